The minimum atomic E-state index is 0.216. The Balaban J connectivity index is 2.05. The quantitative estimate of drug-likeness (QED) is 0.548. The molecule has 0 saturated heterocycles. The van der Waals surface area contributed by atoms with Crippen LogP contribution < -0.4 is 5.43 Å². The zero-order valence-corrected chi connectivity index (χ0v) is 12.9. The lowest BCUT2D eigenvalue weighted by Gasteiger charge is -2.11. The average molecular weight is 302 g/mol. The summed E-state index contributed by atoms with van der Waals surface area (Å²) in [6.07, 6.45) is 0. The van der Waals surface area contributed by atoms with Crippen LogP contribution in [0.5, 0.6) is 5.75 Å². The van der Waals surface area contributed by atoms with Crippen LogP contribution in [0.25, 0.3) is 0 Å². The first-order chi connectivity index (χ1) is 11.2. The molecule has 3 nitrogen and oxygen atoms in total. The molecule has 0 aliphatic rings. The summed E-state index contributed by atoms with van der Waals surface area (Å²) < 4.78 is 0. The van der Waals surface area contributed by atoms with Gasteiger partial charge in [-0.15, -0.1) is 0 Å². The molecule has 3 rings (SSSR count). The Morgan fingerprint density at radius 3 is 2.22 bits per heavy atom. The summed E-state index contributed by atoms with van der Waals surface area (Å²) in [4.78, 5) is 0. The van der Waals surface area contributed by atoms with Gasteiger partial charge >= 0.3 is 0 Å². The number of anilines is 1. The maximum Gasteiger partial charge on any atom is 0.125 e. The smallest absolute Gasteiger partial charge is 0.125 e. The summed E-state index contributed by atoms with van der Waals surface area (Å²) >= 11 is 0. The van der Waals surface area contributed by atoms with Gasteiger partial charge in [-0.3, -0.25) is 5.43 Å². The van der Waals surface area contributed by atoms with Crippen molar-refractivity contribution in [1.82, 2.24) is 0 Å². The number of benzene rings is 3. The number of phenolic OH excluding ortho intramolecular Hbond substituents is 1. The zero-order valence-electron chi connectivity index (χ0n) is 12.9. The second-order valence-corrected chi connectivity index (χ2v) is 5.32. The van der Waals surface area contributed by atoms with E-state index in [4.69, 9.17) is 0 Å². The Bertz CT molecular complexity index is 812. The maximum atomic E-state index is 10.3. The van der Waals surface area contributed by atoms with Gasteiger partial charge in [-0.1, -0.05) is 60.2 Å². The minimum absolute atomic E-state index is 0.216. The molecule has 0 saturated carbocycles. The van der Waals surface area contributed by atoms with E-state index in [1.165, 1.54) is 0 Å². The molecule has 0 aromatic heterocycles. The van der Waals surface area contributed by atoms with E-state index in [0.29, 0.717) is 11.3 Å². The predicted molar refractivity (Wildman–Crippen MR) is 95.0 cm³/mol. The van der Waals surface area contributed by atoms with E-state index in [-0.39, 0.29) is 5.75 Å². The van der Waals surface area contributed by atoms with Gasteiger partial charge in [0.1, 0.15) is 11.5 Å². The van der Waals surface area contributed by atoms with Gasteiger partial charge in [-0.25, -0.2) is 0 Å². The van der Waals surface area contributed by atoms with Crippen LogP contribution in [0.2, 0.25) is 0 Å². The van der Waals surface area contributed by atoms with Gasteiger partial charge in [-0.05, 0) is 31.2 Å². The predicted octanol–water partition coefficient (Wildman–Crippen LogP) is 4.57. The van der Waals surface area contributed by atoms with E-state index in [9.17, 15) is 5.11 Å². The number of aryl methyl sites for hydroxylation is 1. The standard InChI is InChI=1S/C20H18N2O/c1-15-12-13-19(23)18(14-15)20(16-8-4-2-5-9-16)22-21-17-10-6-3-7-11-17/h2-14,21,23H,1H3/b22-20-. The van der Waals surface area contributed by atoms with Gasteiger partial charge in [0, 0.05) is 11.1 Å². The van der Waals surface area contributed by atoms with E-state index in [0.717, 1.165) is 16.8 Å². The molecule has 0 aliphatic heterocycles. The number of hydrogen-bond acceptors (Lipinski definition) is 3. The molecule has 114 valence electrons. The monoisotopic (exact) mass is 302 g/mol. The lowest BCUT2D eigenvalue weighted by Crippen LogP contribution is -2.07. The lowest BCUT2D eigenvalue weighted by molar-refractivity contribution is 0.474. The van der Waals surface area contributed by atoms with Crippen molar-refractivity contribution in [1.29, 1.82) is 0 Å². The van der Waals surface area contributed by atoms with E-state index in [1.54, 1.807) is 6.07 Å². The van der Waals surface area contributed by atoms with Gasteiger partial charge in [0.2, 0.25) is 0 Å². The van der Waals surface area contributed by atoms with Gasteiger partial charge in [0.05, 0.1) is 5.69 Å². The highest BCUT2D eigenvalue weighted by Crippen LogP contribution is 2.23. The van der Waals surface area contributed by atoms with Crippen LogP contribution in [-0.2, 0) is 0 Å². The molecule has 0 atom stereocenters. The first kappa shape index (κ1) is 14.9. The molecule has 2 N–H and O–H groups in total. The molecule has 0 unspecified atom stereocenters. The summed E-state index contributed by atoms with van der Waals surface area (Å²) in [5, 5.41) is 14.8. The van der Waals surface area contributed by atoms with Gasteiger partial charge in [0.15, 0.2) is 0 Å². The average Bonchev–Trinajstić information content (AvgIpc) is 2.60. The second-order valence-electron chi connectivity index (χ2n) is 5.32. The summed E-state index contributed by atoms with van der Waals surface area (Å²) in [5.41, 5.74) is 7.39. The lowest BCUT2D eigenvalue weighted by atomic mass is 10.00. The zero-order chi connectivity index (χ0) is 16.1. The van der Waals surface area contributed by atoms with E-state index < -0.39 is 0 Å². The van der Waals surface area contributed by atoms with Crippen molar-refractivity contribution in [3.8, 4) is 5.75 Å². The molecule has 0 aliphatic carbocycles. The molecular weight excluding hydrogens is 284 g/mol. The Labute approximate surface area is 135 Å². The number of hydrazone groups is 1. The fourth-order valence-electron chi connectivity index (χ4n) is 2.35. The molecular formula is C20H18N2O. The summed E-state index contributed by atoms with van der Waals surface area (Å²) in [7, 11) is 0. The van der Waals surface area contributed by atoms with Crippen molar-refractivity contribution >= 4 is 11.4 Å². The van der Waals surface area contributed by atoms with Crippen molar-refractivity contribution in [3.05, 3.63) is 95.6 Å². The fourth-order valence-corrected chi connectivity index (χ4v) is 2.35. The maximum absolute atomic E-state index is 10.3. The first-order valence-electron chi connectivity index (χ1n) is 7.48. The third kappa shape index (κ3) is 3.58. The summed E-state index contributed by atoms with van der Waals surface area (Å²) in [6.45, 7) is 2.00. The highest BCUT2D eigenvalue weighted by atomic mass is 16.3. The molecule has 3 aromatic rings. The van der Waals surface area contributed by atoms with Gasteiger partial charge in [0.25, 0.3) is 0 Å². The van der Waals surface area contributed by atoms with Gasteiger partial charge < -0.3 is 5.11 Å². The van der Waals surface area contributed by atoms with Crippen LogP contribution >= 0.6 is 0 Å². The number of rotatable bonds is 4. The molecule has 3 aromatic carbocycles. The molecule has 0 fully saturated rings. The van der Waals surface area contributed by atoms with Crippen molar-refractivity contribution < 1.29 is 5.11 Å². The Morgan fingerprint density at radius 1 is 0.870 bits per heavy atom. The number of aromatic hydroxyl groups is 1. The molecule has 0 amide bonds. The third-order valence-corrected chi connectivity index (χ3v) is 3.52. The van der Waals surface area contributed by atoms with Crippen LogP contribution in [0.15, 0.2) is 84.0 Å². The molecule has 0 bridgehead atoms. The number of nitrogens with one attached hydrogen (secondary N) is 1. The number of nitrogens with zero attached hydrogens (tertiary/aromatic N) is 1. The highest BCUT2D eigenvalue weighted by Gasteiger charge is 2.12. The minimum Gasteiger partial charge on any atom is -0.507 e. The number of para-hydroxylation sites is 1. The van der Waals surface area contributed by atoms with Crippen molar-refractivity contribution in [2.24, 2.45) is 5.10 Å². The molecule has 0 radical (unpaired) electrons. The Kier molecular flexibility index (Phi) is 4.39. The topological polar surface area (TPSA) is 44.6 Å². The largest absolute Gasteiger partial charge is 0.507 e. The van der Waals surface area contributed by atoms with Crippen molar-refractivity contribution in [2.75, 3.05) is 5.43 Å². The van der Waals surface area contributed by atoms with Crippen LogP contribution in [-0.4, -0.2) is 10.8 Å². The SMILES string of the molecule is Cc1ccc(O)c(/C(=N\Nc2ccccc2)c2ccccc2)c1. The molecule has 23 heavy (non-hydrogen) atoms. The summed E-state index contributed by atoms with van der Waals surface area (Å²) in [6, 6.07) is 25.1. The Hall–Kier alpha value is -3.07. The van der Waals surface area contributed by atoms with Crippen LogP contribution in [0.4, 0.5) is 5.69 Å². The van der Waals surface area contributed by atoms with Crippen LogP contribution in [0.1, 0.15) is 16.7 Å². The van der Waals surface area contributed by atoms with Gasteiger partial charge in [-0.2, -0.15) is 5.10 Å². The van der Waals surface area contributed by atoms with Crippen molar-refractivity contribution in [2.45, 2.75) is 6.92 Å². The number of hydrogen-bond donors (Lipinski definition) is 2. The Morgan fingerprint density at radius 2 is 1.52 bits per heavy atom. The number of phenols is 1. The first-order valence-corrected chi connectivity index (χ1v) is 7.48. The van der Waals surface area contributed by atoms with E-state index in [1.807, 2.05) is 79.7 Å². The summed E-state index contributed by atoms with van der Waals surface area (Å²) in [5.74, 6) is 0.216. The van der Waals surface area contributed by atoms with Crippen LogP contribution in [0, 0.1) is 6.92 Å². The van der Waals surface area contributed by atoms with E-state index >= 15 is 0 Å². The second kappa shape index (κ2) is 6.79. The fraction of sp³-hybridized carbons (Fsp3) is 0.0500. The van der Waals surface area contributed by atoms with E-state index in [2.05, 4.69) is 10.5 Å². The molecule has 0 heterocycles. The highest BCUT2D eigenvalue weighted by molar-refractivity contribution is 6.14. The molecule has 3 heteroatoms. The molecule has 0 spiro atoms. The van der Waals surface area contributed by atoms with Crippen molar-refractivity contribution in [3.63, 3.8) is 0 Å². The third-order valence-electron chi connectivity index (χ3n) is 3.52. The van der Waals surface area contributed by atoms with Crippen LogP contribution in [0.3, 0.4) is 0 Å². The normalized spacial score (nSPS) is 11.3.